The largest absolute Gasteiger partial charge is 0.463 e. The third kappa shape index (κ3) is 3.16. The second-order valence-electron chi connectivity index (χ2n) is 6.39. The van der Waals surface area contributed by atoms with Gasteiger partial charge in [0.25, 0.3) is 5.91 Å². The van der Waals surface area contributed by atoms with Crippen molar-refractivity contribution in [2.45, 2.75) is 6.18 Å². The summed E-state index contributed by atoms with van der Waals surface area (Å²) in [7, 11) is 1.95. The lowest BCUT2D eigenvalue weighted by Gasteiger charge is -2.32. The number of likely N-dealkylation sites (N-methyl/N-ethyl adjacent to an activating group) is 1. The van der Waals surface area contributed by atoms with Crippen LogP contribution in [0.3, 0.4) is 0 Å². The van der Waals surface area contributed by atoms with Crippen LogP contribution >= 0.6 is 0 Å². The Hall–Kier alpha value is -2.88. The zero-order valence-corrected chi connectivity index (χ0v) is 14.4. The summed E-state index contributed by atoms with van der Waals surface area (Å²) in [6.07, 6.45) is -2.17. The molecule has 0 saturated carbocycles. The van der Waals surface area contributed by atoms with Crippen LogP contribution in [0.15, 0.2) is 35.1 Å². The fourth-order valence-corrected chi connectivity index (χ4v) is 3.05. The molecule has 1 aliphatic heterocycles. The van der Waals surface area contributed by atoms with Gasteiger partial charge in [-0.3, -0.25) is 4.79 Å². The Balaban J connectivity index is 1.83. The fourth-order valence-electron chi connectivity index (χ4n) is 3.05. The maximum absolute atomic E-state index is 13.5. The summed E-state index contributed by atoms with van der Waals surface area (Å²) in [6, 6.07) is 3.93. The standard InChI is InChI=1S/C17H16F3N5O2/c1-23-4-6-24(7-5-23)16(26)11-10-21-25-14(17(18,19)20)9-12(22-15(11)25)13-3-2-8-27-13/h2-3,8-10H,4-7H2,1H3. The molecule has 0 aliphatic carbocycles. The van der Waals surface area contributed by atoms with Gasteiger partial charge in [-0.1, -0.05) is 0 Å². The number of furan rings is 1. The maximum Gasteiger partial charge on any atom is 0.433 e. The average Bonchev–Trinajstić information content (AvgIpc) is 3.30. The van der Waals surface area contributed by atoms with E-state index in [2.05, 4.69) is 15.0 Å². The molecular weight excluding hydrogens is 363 g/mol. The van der Waals surface area contributed by atoms with Crippen molar-refractivity contribution in [2.75, 3.05) is 33.2 Å². The number of fused-ring (bicyclic) bond motifs is 1. The van der Waals surface area contributed by atoms with E-state index in [1.54, 1.807) is 11.0 Å². The minimum Gasteiger partial charge on any atom is -0.463 e. The van der Waals surface area contributed by atoms with Crippen LogP contribution in [0.25, 0.3) is 17.1 Å². The van der Waals surface area contributed by atoms with E-state index in [1.165, 1.54) is 12.3 Å². The van der Waals surface area contributed by atoms with Crippen molar-refractivity contribution < 1.29 is 22.4 Å². The Morgan fingerprint density at radius 2 is 1.96 bits per heavy atom. The SMILES string of the molecule is CN1CCN(C(=O)c2cnn3c(C(F)(F)F)cc(-c4ccco4)nc23)CC1. The van der Waals surface area contributed by atoms with Crippen LogP contribution in [-0.4, -0.2) is 63.5 Å². The molecule has 7 nitrogen and oxygen atoms in total. The number of rotatable bonds is 2. The monoisotopic (exact) mass is 379 g/mol. The van der Waals surface area contributed by atoms with Crippen LogP contribution < -0.4 is 0 Å². The van der Waals surface area contributed by atoms with E-state index in [0.29, 0.717) is 30.7 Å². The maximum atomic E-state index is 13.5. The summed E-state index contributed by atoms with van der Waals surface area (Å²) >= 11 is 0. The molecule has 0 atom stereocenters. The molecule has 142 valence electrons. The highest BCUT2D eigenvalue weighted by Crippen LogP contribution is 2.33. The third-order valence-electron chi connectivity index (χ3n) is 4.56. The third-order valence-corrected chi connectivity index (χ3v) is 4.56. The number of amides is 1. The zero-order chi connectivity index (χ0) is 19.2. The molecule has 0 bridgehead atoms. The summed E-state index contributed by atoms with van der Waals surface area (Å²) in [5, 5.41) is 3.78. The lowest BCUT2D eigenvalue weighted by molar-refractivity contribution is -0.142. The topological polar surface area (TPSA) is 66.9 Å². The van der Waals surface area contributed by atoms with Gasteiger partial charge in [0.15, 0.2) is 17.1 Å². The molecule has 0 radical (unpaired) electrons. The number of hydrogen-bond acceptors (Lipinski definition) is 5. The van der Waals surface area contributed by atoms with Gasteiger partial charge in [-0.2, -0.15) is 18.3 Å². The van der Waals surface area contributed by atoms with Gasteiger partial charge in [0.05, 0.1) is 12.5 Å². The van der Waals surface area contributed by atoms with E-state index in [-0.39, 0.29) is 28.6 Å². The van der Waals surface area contributed by atoms with Crippen molar-refractivity contribution in [3.63, 3.8) is 0 Å². The first-order chi connectivity index (χ1) is 12.8. The van der Waals surface area contributed by atoms with E-state index in [9.17, 15) is 18.0 Å². The summed E-state index contributed by atoms with van der Waals surface area (Å²) < 4.78 is 46.4. The predicted octanol–water partition coefficient (Wildman–Crippen LogP) is 2.40. The Labute approximate surface area is 152 Å². The number of carbonyl (C=O) groups excluding carboxylic acids is 1. The van der Waals surface area contributed by atoms with Crippen molar-refractivity contribution >= 4 is 11.6 Å². The highest BCUT2D eigenvalue weighted by molar-refractivity contribution is 6.00. The smallest absolute Gasteiger partial charge is 0.433 e. The van der Waals surface area contributed by atoms with Crippen molar-refractivity contribution in [3.05, 3.63) is 41.9 Å². The van der Waals surface area contributed by atoms with E-state index in [1.807, 2.05) is 7.05 Å². The van der Waals surface area contributed by atoms with Gasteiger partial charge in [0, 0.05) is 26.2 Å². The molecule has 4 heterocycles. The van der Waals surface area contributed by atoms with Crippen LogP contribution in [0.2, 0.25) is 0 Å². The summed E-state index contributed by atoms with van der Waals surface area (Å²) in [6.45, 7) is 2.39. The fraction of sp³-hybridized carbons (Fsp3) is 0.353. The molecule has 27 heavy (non-hydrogen) atoms. The lowest BCUT2D eigenvalue weighted by Crippen LogP contribution is -2.47. The molecule has 0 spiro atoms. The number of nitrogens with zero attached hydrogens (tertiary/aromatic N) is 5. The van der Waals surface area contributed by atoms with Crippen LogP contribution in [0.1, 0.15) is 16.1 Å². The molecule has 10 heteroatoms. The van der Waals surface area contributed by atoms with Gasteiger partial charge in [0.1, 0.15) is 11.3 Å². The summed E-state index contributed by atoms with van der Waals surface area (Å²) in [5.41, 5.74) is -1.12. The minimum absolute atomic E-state index is 0.00671. The van der Waals surface area contributed by atoms with Crippen LogP contribution in [0.4, 0.5) is 13.2 Å². The molecule has 0 aromatic carbocycles. The molecule has 1 amide bonds. The van der Waals surface area contributed by atoms with Gasteiger partial charge in [0.2, 0.25) is 0 Å². The zero-order valence-electron chi connectivity index (χ0n) is 14.4. The lowest BCUT2D eigenvalue weighted by atomic mass is 10.2. The Kier molecular flexibility index (Phi) is 4.14. The Morgan fingerprint density at radius 1 is 1.22 bits per heavy atom. The van der Waals surface area contributed by atoms with Crippen LogP contribution in [0, 0.1) is 0 Å². The second kappa shape index (κ2) is 6.38. The van der Waals surface area contributed by atoms with E-state index < -0.39 is 11.9 Å². The molecule has 1 fully saturated rings. The minimum atomic E-state index is -4.66. The van der Waals surface area contributed by atoms with E-state index >= 15 is 0 Å². The average molecular weight is 379 g/mol. The number of aromatic nitrogens is 3. The van der Waals surface area contributed by atoms with E-state index in [0.717, 1.165) is 12.3 Å². The quantitative estimate of drug-likeness (QED) is 0.684. The van der Waals surface area contributed by atoms with Gasteiger partial charge in [-0.25, -0.2) is 9.50 Å². The predicted molar refractivity (Wildman–Crippen MR) is 89.1 cm³/mol. The summed E-state index contributed by atoms with van der Waals surface area (Å²) in [5.74, 6) is -0.197. The molecule has 1 aliphatic rings. The number of carbonyl (C=O) groups is 1. The van der Waals surface area contributed by atoms with E-state index in [4.69, 9.17) is 4.42 Å². The first-order valence-electron chi connectivity index (χ1n) is 8.32. The van der Waals surface area contributed by atoms with Gasteiger partial charge >= 0.3 is 6.18 Å². The van der Waals surface area contributed by atoms with Gasteiger partial charge < -0.3 is 14.2 Å². The molecule has 0 N–H and O–H groups in total. The number of halogens is 3. The molecule has 1 saturated heterocycles. The highest BCUT2D eigenvalue weighted by atomic mass is 19.4. The molecule has 4 rings (SSSR count). The molecule has 0 unspecified atom stereocenters. The van der Waals surface area contributed by atoms with Crippen molar-refractivity contribution in [1.29, 1.82) is 0 Å². The second-order valence-corrected chi connectivity index (χ2v) is 6.39. The van der Waals surface area contributed by atoms with Crippen molar-refractivity contribution in [3.8, 4) is 11.5 Å². The van der Waals surface area contributed by atoms with Crippen LogP contribution in [-0.2, 0) is 6.18 Å². The summed E-state index contributed by atoms with van der Waals surface area (Å²) in [4.78, 5) is 20.8. The Morgan fingerprint density at radius 3 is 2.59 bits per heavy atom. The highest BCUT2D eigenvalue weighted by Gasteiger charge is 2.36. The first-order valence-corrected chi connectivity index (χ1v) is 8.32. The molecule has 3 aromatic rings. The molecular formula is C17H16F3N5O2. The number of hydrogen-bond donors (Lipinski definition) is 0. The number of piperazine rings is 1. The van der Waals surface area contributed by atoms with Crippen molar-refractivity contribution in [2.24, 2.45) is 0 Å². The van der Waals surface area contributed by atoms with Crippen LogP contribution in [0.5, 0.6) is 0 Å². The first kappa shape index (κ1) is 17.5. The Bertz CT molecular complexity index is 973. The molecule has 3 aromatic heterocycles. The van der Waals surface area contributed by atoms with Gasteiger partial charge in [-0.05, 0) is 25.2 Å². The number of alkyl halides is 3. The van der Waals surface area contributed by atoms with Gasteiger partial charge in [-0.15, -0.1) is 0 Å². The van der Waals surface area contributed by atoms with Crippen molar-refractivity contribution in [1.82, 2.24) is 24.4 Å². The normalized spacial score (nSPS) is 16.2.